The summed E-state index contributed by atoms with van der Waals surface area (Å²) >= 11 is 9.65. The van der Waals surface area contributed by atoms with Crippen LogP contribution in [0.25, 0.3) is 0 Å². The van der Waals surface area contributed by atoms with Crippen molar-refractivity contribution in [1.82, 2.24) is 9.97 Å². The molecule has 0 spiro atoms. The van der Waals surface area contributed by atoms with E-state index in [0.29, 0.717) is 5.02 Å². The number of anilines is 3. The Kier molecular flexibility index (Phi) is 5.82. The van der Waals surface area contributed by atoms with Gasteiger partial charge in [-0.25, -0.2) is 9.97 Å². The molecule has 0 saturated carbocycles. The Morgan fingerprint density at radius 3 is 2.62 bits per heavy atom. The molecule has 0 unspecified atom stereocenters. The first-order chi connectivity index (χ1) is 10.1. The van der Waals surface area contributed by atoms with Crippen molar-refractivity contribution >= 4 is 44.9 Å². The fourth-order valence-electron chi connectivity index (χ4n) is 1.90. The minimum absolute atomic E-state index is 0.652. The molecule has 2 aromatic rings. The topological polar surface area (TPSA) is 49.8 Å². The molecule has 0 radical (unpaired) electrons. The number of nitrogens with one attached hydrogen (secondary N) is 2. The molecule has 21 heavy (non-hydrogen) atoms. The van der Waals surface area contributed by atoms with E-state index in [-0.39, 0.29) is 0 Å². The molecule has 112 valence electrons. The summed E-state index contributed by atoms with van der Waals surface area (Å²) < 4.78 is 0.962. The van der Waals surface area contributed by atoms with Crippen LogP contribution in [0.15, 0.2) is 28.7 Å². The second kappa shape index (κ2) is 7.61. The number of halogens is 2. The van der Waals surface area contributed by atoms with Gasteiger partial charge in [0, 0.05) is 23.5 Å². The van der Waals surface area contributed by atoms with Gasteiger partial charge in [-0.2, -0.15) is 0 Å². The maximum absolute atomic E-state index is 6.21. The zero-order chi connectivity index (χ0) is 15.2. The van der Waals surface area contributed by atoms with E-state index >= 15 is 0 Å². The van der Waals surface area contributed by atoms with E-state index in [1.54, 1.807) is 0 Å². The summed E-state index contributed by atoms with van der Waals surface area (Å²) in [7, 11) is 0. The second-order valence-electron chi connectivity index (χ2n) is 4.58. The lowest BCUT2D eigenvalue weighted by Crippen LogP contribution is -2.06. The van der Waals surface area contributed by atoms with Crippen LogP contribution < -0.4 is 10.6 Å². The zero-order valence-corrected chi connectivity index (χ0v) is 14.4. The van der Waals surface area contributed by atoms with Crippen LogP contribution in [0.1, 0.15) is 26.1 Å². The summed E-state index contributed by atoms with van der Waals surface area (Å²) in [6.07, 6.45) is 1.85. The van der Waals surface area contributed by atoms with Gasteiger partial charge in [-0.1, -0.05) is 34.5 Å². The van der Waals surface area contributed by atoms with Crippen LogP contribution in [0.3, 0.4) is 0 Å². The van der Waals surface area contributed by atoms with E-state index in [4.69, 9.17) is 11.6 Å². The number of rotatable bonds is 6. The third-order valence-corrected chi connectivity index (χ3v) is 3.62. The number of benzene rings is 1. The molecule has 4 nitrogen and oxygen atoms in total. The maximum atomic E-state index is 6.21. The van der Waals surface area contributed by atoms with Crippen molar-refractivity contribution in [2.24, 2.45) is 0 Å². The van der Waals surface area contributed by atoms with Gasteiger partial charge in [0.05, 0.1) is 10.7 Å². The third-order valence-electron chi connectivity index (χ3n) is 2.80. The molecule has 0 atom stereocenters. The fraction of sp³-hybridized carbons (Fsp3) is 0.333. The summed E-state index contributed by atoms with van der Waals surface area (Å²) in [6, 6.07) is 7.56. The van der Waals surface area contributed by atoms with E-state index in [9.17, 15) is 0 Å². The van der Waals surface area contributed by atoms with Crippen molar-refractivity contribution < 1.29 is 0 Å². The third kappa shape index (κ3) is 4.58. The van der Waals surface area contributed by atoms with Crippen molar-refractivity contribution in [2.75, 3.05) is 17.2 Å². The lowest BCUT2D eigenvalue weighted by atomic mass is 10.3. The molecule has 1 aromatic carbocycles. The molecule has 0 aliphatic carbocycles. The van der Waals surface area contributed by atoms with E-state index in [1.165, 1.54) is 0 Å². The summed E-state index contributed by atoms with van der Waals surface area (Å²) in [5, 5.41) is 7.13. The van der Waals surface area contributed by atoms with Crippen LogP contribution in [0.4, 0.5) is 17.3 Å². The number of hydrogen-bond acceptors (Lipinski definition) is 4. The Balaban J connectivity index is 2.31. The largest absolute Gasteiger partial charge is 0.370 e. The molecule has 2 rings (SSSR count). The summed E-state index contributed by atoms with van der Waals surface area (Å²) in [4.78, 5) is 9.03. The van der Waals surface area contributed by atoms with Crippen molar-refractivity contribution in [3.05, 3.63) is 39.6 Å². The highest BCUT2D eigenvalue weighted by Gasteiger charge is 2.07. The van der Waals surface area contributed by atoms with Gasteiger partial charge >= 0.3 is 0 Å². The van der Waals surface area contributed by atoms with Gasteiger partial charge in [-0.05, 0) is 31.5 Å². The van der Waals surface area contributed by atoms with E-state index in [1.807, 2.05) is 31.2 Å². The molecule has 1 heterocycles. The molecule has 2 N–H and O–H groups in total. The van der Waals surface area contributed by atoms with Crippen LogP contribution in [-0.4, -0.2) is 16.5 Å². The lowest BCUT2D eigenvalue weighted by Gasteiger charge is -2.11. The first-order valence-corrected chi connectivity index (χ1v) is 8.13. The normalized spacial score (nSPS) is 10.5. The van der Waals surface area contributed by atoms with Crippen molar-refractivity contribution in [3.63, 3.8) is 0 Å². The number of hydrogen-bond donors (Lipinski definition) is 2. The van der Waals surface area contributed by atoms with Crippen LogP contribution >= 0.6 is 27.5 Å². The highest BCUT2D eigenvalue weighted by atomic mass is 79.9. The average Bonchev–Trinajstić information content (AvgIpc) is 2.43. The highest BCUT2D eigenvalue weighted by molar-refractivity contribution is 9.10. The summed E-state index contributed by atoms with van der Waals surface area (Å²) in [5.41, 5.74) is 0.814. The van der Waals surface area contributed by atoms with Gasteiger partial charge in [-0.15, -0.1) is 0 Å². The van der Waals surface area contributed by atoms with E-state index < -0.39 is 0 Å². The summed E-state index contributed by atoms with van der Waals surface area (Å²) in [5.74, 6) is 2.39. The molecule has 0 amide bonds. The fourth-order valence-corrected chi connectivity index (χ4v) is 2.43. The molecule has 0 fully saturated rings. The summed E-state index contributed by atoms with van der Waals surface area (Å²) in [6.45, 7) is 4.97. The smallest absolute Gasteiger partial charge is 0.136 e. The molecular formula is C15H18BrClN4. The van der Waals surface area contributed by atoms with Gasteiger partial charge < -0.3 is 10.6 Å². The lowest BCUT2D eigenvalue weighted by molar-refractivity contribution is 0.836. The van der Waals surface area contributed by atoms with Crippen LogP contribution in [-0.2, 0) is 6.42 Å². The Morgan fingerprint density at radius 2 is 1.90 bits per heavy atom. The van der Waals surface area contributed by atoms with Crippen molar-refractivity contribution in [1.29, 1.82) is 0 Å². The predicted molar refractivity (Wildman–Crippen MR) is 92.6 cm³/mol. The minimum atomic E-state index is 0.652. The van der Waals surface area contributed by atoms with Crippen LogP contribution in [0, 0.1) is 0 Å². The predicted octanol–water partition coefficient (Wildman–Crippen LogP) is 5.02. The Morgan fingerprint density at radius 1 is 1.14 bits per heavy atom. The first kappa shape index (κ1) is 16.0. The van der Waals surface area contributed by atoms with Crippen molar-refractivity contribution in [2.45, 2.75) is 26.7 Å². The monoisotopic (exact) mass is 368 g/mol. The number of nitrogens with zero attached hydrogens (tertiary/aromatic N) is 2. The number of aryl methyl sites for hydroxylation is 1. The highest BCUT2D eigenvalue weighted by Crippen LogP contribution is 2.28. The minimum Gasteiger partial charge on any atom is -0.370 e. The van der Waals surface area contributed by atoms with Crippen LogP contribution in [0.2, 0.25) is 5.02 Å². The van der Waals surface area contributed by atoms with Gasteiger partial charge in [0.15, 0.2) is 0 Å². The molecule has 6 heteroatoms. The molecule has 0 saturated heterocycles. The van der Waals surface area contributed by atoms with E-state index in [2.05, 4.69) is 43.5 Å². The number of aromatic nitrogens is 2. The standard InChI is InChI=1S/C15H18BrClN4/c1-3-5-13-20-14(18-4-2)9-15(21-13)19-12-8-10(16)6-7-11(12)17/h6-9H,3-5H2,1-2H3,(H2,18,19,20,21). The van der Waals surface area contributed by atoms with E-state index in [0.717, 1.165) is 47.0 Å². The molecular weight excluding hydrogens is 352 g/mol. The van der Waals surface area contributed by atoms with Gasteiger partial charge in [0.2, 0.25) is 0 Å². The zero-order valence-electron chi connectivity index (χ0n) is 12.1. The SMILES string of the molecule is CCCc1nc(NCC)cc(Nc2cc(Br)ccc2Cl)n1. The quantitative estimate of drug-likeness (QED) is 0.750. The van der Waals surface area contributed by atoms with Gasteiger partial charge in [0.25, 0.3) is 0 Å². The Labute approximate surface area is 138 Å². The molecule has 1 aromatic heterocycles. The second-order valence-corrected chi connectivity index (χ2v) is 5.91. The van der Waals surface area contributed by atoms with Crippen LogP contribution in [0.5, 0.6) is 0 Å². The first-order valence-electron chi connectivity index (χ1n) is 6.96. The maximum Gasteiger partial charge on any atom is 0.136 e. The van der Waals surface area contributed by atoms with Crippen molar-refractivity contribution in [3.8, 4) is 0 Å². The van der Waals surface area contributed by atoms with Gasteiger partial charge in [0.1, 0.15) is 17.5 Å². The molecule has 0 aliphatic rings. The molecule has 0 aliphatic heterocycles. The average molecular weight is 370 g/mol. The molecule has 0 bridgehead atoms. The Bertz CT molecular complexity index is 594. The Hall–Kier alpha value is -1.33. The van der Waals surface area contributed by atoms with Gasteiger partial charge in [-0.3, -0.25) is 0 Å².